The van der Waals surface area contributed by atoms with Gasteiger partial charge in [-0.3, -0.25) is 14.4 Å². The summed E-state index contributed by atoms with van der Waals surface area (Å²) in [5, 5.41) is 53.9. The Bertz CT molecular complexity index is 1400. The number of aliphatic hydroxyl groups excluding tert-OH is 2. The van der Waals surface area contributed by atoms with E-state index < -0.39 is 95.3 Å². The molecular weight excluding hydrogens is 519 g/mol. The molecule has 0 radical (unpaired) electrons. The molecule has 0 amide bonds. The fourth-order valence-corrected chi connectivity index (χ4v) is 5.57. The second-order valence-corrected chi connectivity index (χ2v) is 10.1. The third-order valence-electron chi connectivity index (χ3n) is 7.80. The van der Waals surface area contributed by atoms with Gasteiger partial charge < -0.3 is 39.7 Å². The molecule has 0 saturated carbocycles. The predicted octanol–water partition coefficient (Wildman–Crippen LogP) is 1.01. The Kier molecular flexibility index (Phi) is 6.51. The van der Waals surface area contributed by atoms with Gasteiger partial charge in [-0.1, -0.05) is 12.1 Å². The number of Topliss-reactive ketones (excluding diaryl/α,β-unsaturated/α-hetero) is 1. The number of benzene rings is 2. The van der Waals surface area contributed by atoms with Crippen LogP contribution in [0.4, 0.5) is 4.39 Å². The molecule has 0 bridgehead atoms. The Morgan fingerprint density at radius 1 is 1.08 bits per heavy atom. The van der Waals surface area contributed by atoms with Crippen LogP contribution in [0.5, 0.6) is 17.2 Å². The van der Waals surface area contributed by atoms with Gasteiger partial charge in [-0.2, -0.15) is 0 Å². The first-order chi connectivity index (χ1) is 18.3. The molecule has 5 rings (SSSR count). The van der Waals surface area contributed by atoms with Gasteiger partial charge in [0.05, 0.1) is 36.0 Å². The Balaban J connectivity index is 1.70. The summed E-state index contributed by atoms with van der Waals surface area (Å²) >= 11 is 0. The Labute approximate surface area is 221 Å². The fourth-order valence-electron chi connectivity index (χ4n) is 5.57. The van der Waals surface area contributed by atoms with Crippen molar-refractivity contribution in [2.75, 3.05) is 7.11 Å². The fraction of sp³-hybridized carbons (Fsp3) is 0.444. The van der Waals surface area contributed by atoms with Crippen LogP contribution in [0, 0.1) is 0 Å². The van der Waals surface area contributed by atoms with Gasteiger partial charge >= 0.3 is 0 Å². The molecule has 12 heteroatoms. The maximum Gasteiger partial charge on any atom is 0.202 e. The molecule has 0 spiro atoms. The van der Waals surface area contributed by atoms with Gasteiger partial charge in [0, 0.05) is 29.5 Å². The van der Waals surface area contributed by atoms with Gasteiger partial charge in [0.25, 0.3) is 0 Å². The van der Waals surface area contributed by atoms with Gasteiger partial charge in [0.2, 0.25) is 5.78 Å². The number of phenols is 2. The van der Waals surface area contributed by atoms with E-state index >= 15 is 0 Å². The number of halogens is 1. The number of hydrogen-bond donors (Lipinski definition) is 5. The topological polar surface area (TPSA) is 180 Å². The van der Waals surface area contributed by atoms with Crippen molar-refractivity contribution in [1.82, 2.24) is 0 Å². The van der Waals surface area contributed by atoms with Crippen molar-refractivity contribution >= 4 is 17.3 Å². The van der Waals surface area contributed by atoms with Gasteiger partial charge in [-0.25, -0.2) is 4.39 Å². The molecule has 1 aliphatic heterocycles. The molecule has 1 saturated heterocycles. The molecule has 2 aromatic carbocycles. The lowest BCUT2D eigenvalue weighted by atomic mass is 9.72. The summed E-state index contributed by atoms with van der Waals surface area (Å²) in [5.74, 6) is -3.81. The van der Waals surface area contributed by atoms with Gasteiger partial charge in [-0.15, -0.1) is 0 Å². The smallest absolute Gasteiger partial charge is 0.202 e. The van der Waals surface area contributed by atoms with E-state index in [0.717, 1.165) is 6.92 Å². The van der Waals surface area contributed by atoms with Crippen LogP contribution in [0.2, 0.25) is 0 Å². The molecule has 1 heterocycles. The number of methoxy groups -OCH3 is 1. The van der Waals surface area contributed by atoms with E-state index in [1.165, 1.54) is 32.2 Å². The minimum absolute atomic E-state index is 0.0595. The number of rotatable bonds is 4. The highest BCUT2D eigenvalue weighted by Crippen LogP contribution is 2.52. The lowest BCUT2D eigenvalue weighted by Gasteiger charge is -2.42. The first kappa shape index (κ1) is 27.2. The highest BCUT2D eigenvalue weighted by molar-refractivity contribution is 6.31. The summed E-state index contributed by atoms with van der Waals surface area (Å²) in [6, 6.07) is 4.29. The standard InChI is InChI=1S/C27H27FO11/c1-9-20(30)25(35)19(28)26(38-9)39-14-8-27(36,10(2)29)7-12-16(14)24(34)18-17(22(12)32)21(31)11-5-4-6-13(37-3)15(11)23(18)33/h4-6,9,14,19-20,25-26,30,32,34-36H,7-8H2,1-3H3/t9-,14-,19-,20+,25-,26-,27-/m0/s1. The van der Waals surface area contributed by atoms with Gasteiger partial charge in [-0.05, 0) is 19.9 Å². The highest BCUT2D eigenvalue weighted by Gasteiger charge is 2.51. The van der Waals surface area contributed by atoms with Crippen molar-refractivity contribution in [3.05, 3.63) is 51.6 Å². The number of ketones is 3. The molecular formula is C27H27FO11. The second kappa shape index (κ2) is 9.35. The Morgan fingerprint density at radius 3 is 2.38 bits per heavy atom. The summed E-state index contributed by atoms with van der Waals surface area (Å²) < 4.78 is 31.3. The van der Waals surface area contributed by atoms with Gasteiger partial charge in [0.15, 0.2) is 24.0 Å². The molecule has 5 N–H and O–H groups in total. The zero-order valence-corrected chi connectivity index (χ0v) is 21.2. The molecule has 7 atom stereocenters. The molecule has 2 aliphatic carbocycles. The number of carbonyl (C=O) groups excluding carboxylic acids is 3. The minimum Gasteiger partial charge on any atom is -0.507 e. The van der Waals surface area contributed by atoms with E-state index in [2.05, 4.69) is 0 Å². The quantitative estimate of drug-likeness (QED) is 0.295. The first-order valence-corrected chi connectivity index (χ1v) is 12.2. The highest BCUT2D eigenvalue weighted by atomic mass is 19.1. The van der Waals surface area contributed by atoms with E-state index in [1.807, 2.05) is 0 Å². The van der Waals surface area contributed by atoms with Crippen LogP contribution in [0.1, 0.15) is 69.3 Å². The zero-order valence-electron chi connectivity index (χ0n) is 21.2. The SMILES string of the molecule is COc1cccc2c1C(=O)c1c(O)c3c(c(O)c1C2=O)C[C@@](O)(C(C)=O)C[C@@H]3O[C@@H]1O[C@@H](C)[C@@H](O)[C@@H](O)[C@@H]1F. The lowest BCUT2D eigenvalue weighted by molar-refractivity contribution is -0.294. The summed E-state index contributed by atoms with van der Waals surface area (Å²) in [4.78, 5) is 39.5. The summed E-state index contributed by atoms with van der Waals surface area (Å²) in [7, 11) is 1.30. The molecule has 2 aromatic rings. The molecule has 1 fully saturated rings. The number of phenolic OH excluding ortho intramolecular Hbond substituents is 2. The number of fused-ring (bicyclic) bond motifs is 3. The van der Waals surface area contributed by atoms with Crippen LogP contribution in [0.15, 0.2) is 18.2 Å². The van der Waals surface area contributed by atoms with Crippen LogP contribution in [-0.4, -0.2) is 86.4 Å². The number of alkyl halides is 1. The Morgan fingerprint density at radius 2 is 1.74 bits per heavy atom. The normalized spacial score (nSPS) is 31.8. The predicted molar refractivity (Wildman–Crippen MR) is 129 cm³/mol. The largest absolute Gasteiger partial charge is 0.507 e. The van der Waals surface area contributed by atoms with Crippen LogP contribution in [0.3, 0.4) is 0 Å². The molecule has 0 aromatic heterocycles. The minimum atomic E-state index is -2.26. The Hall–Kier alpha value is -3.42. The summed E-state index contributed by atoms with van der Waals surface area (Å²) in [6.45, 7) is 2.46. The van der Waals surface area contributed by atoms with E-state index in [4.69, 9.17) is 14.2 Å². The van der Waals surface area contributed by atoms with Gasteiger partial charge in [0.1, 0.15) is 35.1 Å². The van der Waals surface area contributed by atoms with Crippen molar-refractivity contribution in [3.63, 3.8) is 0 Å². The van der Waals surface area contributed by atoms with E-state index in [1.54, 1.807) is 0 Å². The lowest BCUT2D eigenvalue weighted by Crippen LogP contribution is -2.56. The van der Waals surface area contributed by atoms with E-state index in [-0.39, 0.29) is 28.0 Å². The summed E-state index contributed by atoms with van der Waals surface area (Å²) in [6.07, 6.45) is -11.2. The van der Waals surface area contributed by atoms with E-state index in [9.17, 15) is 44.3 Å². The molecule has 3 aliphatic rings. The summed E-state index contributed by atoms with van der Waals surface area (Å²) in [5.41, 5.74) is -3.93. The van der Waals surface area contributed by atoms with Crippen molar-refractivity contribution in [1.29, 1.82) is 0 Å². The average molecular weight is 547 g/mol. The van der Waals surface area contributed by atoms with Crippen molar-refractivity contribution in [2.45, 2.75) is 69.2 Å². The second-order valence-electron chi connectivity index (χ2n) is 10.1. The molecule has 39 heavy (non-hydrogen) atoms. The van der Waals surface area contributed by atoms with Crippen LogP contribution < -0.4 is 4.74 Å². The molecule has 0 unspecified atom stereocenters. The number of carbonyl (C=O) groups is 3. The zero-order chi connectivity index (χ0) is 28.5. The average Bonchev–Trinajstić information content (AvgIpc) is 2.90. The number of ether oxygens (including phenoxy) is 3. The molecule has 208 valence electrons. The van der Waals surface area contributed by atoms with Crippen LogP contribution in [-0.2, 0) is 20.7 Å². The maximum absolute atomic E-state index is 14.9. The maximum atomic E-state index is 14.9. The number of aromatic hydroxyl groups is 2. The first-order valence-electron chi connectivity index (χ1n) is 12.2. The van der Waals surface area contributed by atoms with Crippen molar-refractivity contribution in [2.24, 2.45) is 0 Å². The third-order valence-corrected chi connectivity index (χ3v) is 7.80. The number of aliphatic hydroxyl groups is 3. The third kappa shape index (κ3) is 3.94. The molecule has 11 nitrogen and oxygen atoms in total. The van der Waals surface area contributed by atoms with E-state index in [0.29, 0.717) is 0 Å². The van der Waals surface area contributed by atoms with Crippen LogP contribution >= 0.6 is 0 Å². The van der Waals surface area contributed by atoms with Crippen molar-refractivity contribution in [3.8, 4) is 17.2 Å². The van der Waals surface area contributed by atoms with Crippen LogP contribution in [0.25, 0.3) is 0 Å². The van der Waals surface area contributed by atoms with Crippen molar-refractivity contribution < 1.29 is 58.5 Å². The monoisotopic (exact) mass is 546 g/mol. The number of hydrogen-bond acceptors (Lipinski definition) is 11.